The van der Waals surface area contributed by atoms with E-state index >= 15 is 0 Å². The van der Waals surface area contributed by atoms with Gasteiger partial charge in [-0.25, -0.2) is 9.97 Å². The topological polar surface area (TPSA) is 83.9 Å². The first-order chi connectivity index (χ1) is 14.6. The third kappa shape index (κ3) is 3.86. The van der Waals surface area contributed by atoms with Crippen LogP contribution in [-0.2, 0) is 6.54 Å². The van der Waals surface area contributed by atoms with E-state index < -0.39 is 0 Å². The molecule has 152 valence electrons. The highest BCUT2D eigenvalue weighted by molar-refractivity contribution is 7.98. The van der Waals surface area contributed by atoms with Crippen molar-refractivity contribution in [3.8, 4) is 5.69 Å². The molecule has 2 aromatic heterocycles. The number of nitrogens with zero attached hydrogens (tertiary/aromatic N) is 4. The lowest BCUT2D eigenvalue weighted by Gasteiger charge is -2.21. The molecule has 0 aliphatic rings. The number of para-hydroxylation sites is 1. The van der Waals surface area contributed by atoms with E-state index in [1.54, 1.807) is 47.1 Å². The average molecular weight is 420 g/mol. The molecule has 0 fully saturated rings. The number of hydrogen-bond donors (Lipinski definition) is 1. The predicted octanol–water partition coefficient (Wildman–Crippen LogP) is 3.49. The number of imidazole rings is 1. The summed E-state index contributed by atoms with van der Waals surface area (Å²) >= 11 is 1.54. The fraction of sp³-hybridized carbons (Fsp3) is 0.182. The van der Waals surface area contributed by atoms with Crippen LogP contribution in [0.1, 0.15) is 23.1 Å². The van der Waals surface area contributed by atoms with Crippen LogP contribution in [0.5, 0.6) is 0 Å². The Bertz CT molecular complexity index is 1260. The lowest BCUT2D eigenvalue weighted by molar-refractivity contribution is 0.0748. The summed E-state index contributed by atoms with van der Waals surface area (Å²) in [6.45, 7) is 2.62. The Morgan fingerprint density at radius 2 is 2.03 bits per heavy atom. The van der Waals surface area contributed by atoms with E-state index in [4.69, 9.17) is 0 Å². The van der Waals surface area contributed by atoms with Crippen LogP contribution in [0.2, 0.25) is 0 Å². The summed E-state index contributed by atoms with van der Waals surface area (Å²) in [5, 5.41) is 1.39. The van der Waals surface area contributed by atoms with Crippen molar-refractivity contribution >= 4 is 28.6 Å². The minimum absolute atomic E-state index is 0.124. The van der Waals surface area contributed by atoms with Gasteiger partial charge in [0.15, 0.2) is 5.16 Å². The maximum Gasteiger partial charge on any atom is 0.258 e. The van der Waals surface area contributed by atoms with Crippen LogP contribution in [0.25, 0.3) is 16.6 Å². The summed E-state index contributed by atoms with van der Waals surface area (Å²) in [4.78, 5) is 38.8. The molecule has 0 saturated carbocycles. The van der Waals surface area contributed by atoms with Crippen LogP contribution in [0.3, 0.4) is 0 Å². The SMILES string of the molecule is CCN(Cc1nc2ccccc2c(=O)[nH]1)C(=O)c1cccc(-n2ccnc2SC)c1. The van der Waals surface area contributed by atoms with Gasteiger partial charge < -0.3 is 9.88 Å². The van der Waals surface area contributed by atoms with E-state index in [1.807, 2.05) is 48.2 Å². The van der Waals surface area contributed by atoms with Gasteiger partial charge in [0.05, 0.1) is 17.4 Å². The van der Waals surface area contributed by atoms with Crippen molar-refractivity contribution in [1.82, 2.24) is 24.4 Å². The monoisotopic (exact) mass is 419 g/mol. The first-order valence-corrected chi connectivity index (χ1v) is 10.8. The van der Waals surface area contributed by atoms with Crippen LogP contribution >= 0.6 is 11.8 Å². The van der Waals surface area contributed by atoms with E-state index in [-0.39, 0.29) is 18.0 Å². The van der Waals surface area contributed by atoms with Crippen LogP contribution in [-0.4, -0.2) is 43.1 Å². The van der Waals surface area contributed by atoms with Crippen LogP contribution in [0, 0.1) is 0 Å². The van der Waals surface area contributed by atoms with Crippen molar-refractivity contribution in [1.29, 1.82) is 0 Å². The molecule has 0 radical (unpaired) electrons. The maximum atomic E-state index is 13.2. The molecular weight excluding hydrogens is 398 g/mol. The number of aromatic amines is 1. The fourth-order valence-corrected chi connectivity index (χ4v) is 3.86. The second-order valence-corrected chi connectivity index (χ2v) is 7.46. The number of thioether (sulfide) groups is 1. The van der Waals surface area contributed by atoms with Gasteiger partial charge in [-0.3, -0.25) is 14.2 Å². The lowest BCUT2D eigenvalue weighted by Crippen LogP contribution is -2.32. The van der Waals surface area contributed by atoms with Crippen molar-refractivity contribution in [3.05, 3.63) is 82.7 Å². The molecule has 8 heteroatoms. The zero-order valence-electron chi connectivity index (χ0n) is 16.7. The Hall–Kier alpha value is -3.39. The fourth-order valence-electron chi connectivity index (χ4n) is 3.33. The largest absolute Gasteiger partial charge is 0.331 e. The van der Waals surface area contributed by atoms with Crippen molar-refractivity contribution in [2.45, 2.75) is 18.6 Å². The number of fused-ring (bicyclic) bond motifs is 1. The Labute approximate surface area is 177 Å². The van der Waals surface area contributed by atoms with Gasteiger partial charge in [-0.15, -0.1) is 0 Å². The molecule has 0 spiro atoms. The minimum atomic E-state index is -0.203. The average Bonchev–Trinajstić information content (AvgIpc) is 3.26. The Balaban J connectivity index is 1.62. The molecule has 1 amide bonds. The first kappa shape index (κ1) is 19.9. The summed E-state index contributed by atoms with van der Waals surface area (Å²) in [5.74, 6) is 0.338. The Morgan fingerprint density at radius 1 is 1.20 bits per heavy atom. The smallest absolute Gasteiger partial charge is 0.258 e. The summed E-state index contributed by atoms with van der Waals surface area (Å²) in [7, 11) is 0. The summed E-state index contributed by atoms with van der Waals surface area (Å²) in [6.07, 6.45) is 5.57. The first-order valence-electron chi connectivity index (χ1n) is 9.55. The summed E-state index contributed by atoms with van der Waals surface area (Å²) < 4.78 is 1.94. The molecule has 0 aliphatic heterocycles. The second-order valence-electron chi connectivity index (χ2n) is 6.68. The number of aromatic nitrogens is 4. The molecule has 30 heavy (non-hydrogen) atoms. The van der Waals surface area contributed by atoms with Gasteiger partial charge in [-0.1, -0.05) is 30.0 Å². The van der Waals surface area contributed by atoms with Gasteiger partial charge in [0.25, 0.3) is 11.5 Å². The molecule has 7 nitrogen and oxygen atoms in total. The molecule has 0 saturated heterocycles. The molecular formula is C22H21N5O2S. The number of rotatable bonds is 6. The van der Waals surface area contributed by atoms with Crippen molar-refractivity contribution < 1.29 is 4.79 Å². The highest BCUT2D eigenvalue weighted by Crippen LogP contribution is 2.20. The minimum Gasteiger partial charge on any atom is -0.331 e. The molecule has 4 aromatic rings. The summed E-state index contributed by atoms with van der Waals surface area (Å²) in [5.41, 5.74) is 1.85. The number of nitrogens with one attached hydrogen (secondary N) is 1. The number of H-pyrrole nitrogens is 1. The highest BCUT2D eigenvalue weighted by Gasteiger charge is 2.17. The van der Waals surface area contributed by atoms with E-state index in [2.05, 4.69) is 15.0 Å². The Kier molecular flexibility index (Phi) is 5.67. The third-order valence-electron chi connectivity index (χ3n) is 4.83. The Morgan fingerprint density at radius 3 is 2.83 bits per heavy atom. The normalized spacial score (nSPS) is 11.0. The molecule has 2 aromatic carbocycles. The van der Waals surface area contributed by atoms with E-state index in [1.165, 1.54) is 0 Å². The molecule has 0 atom stereocenters. The molecule has 2 heterocycles. The zero-order chi connectivity index (χ0) is 21.1. The van der Waals surface area contributed by atoms with Crippen molar-refractivity contribution in [3.63, 3.8) is 0 Å². The van der Waals surface area contributed by atoms with Gasteiger partial charge in [-0.2, -0.15) is 0 Å². The van der Waals surface area contributed by atoms with E-state index in [9.17, 15) is 9.59 Å². The molecule has 1 N–H and O–H groups in total. The number of amides is 1. The number of hydrogen-bond acceptors (Lipinski definition) is 5. The highest BCUT2D eigenvalue weighted by atomic mass is 32.2. The van der Waals surface area contributed by atoms with E-state index in [0.717, 1.165) is 10.8 Å². The predicted molar refractivity (Wildman–Crippen MR) is 118 cm³/mol. The maximum absolute atomic E-state index is 13.2. The van der Waals surface area contributed by atoms with Gasteiger partial charge in [0, 0.05) is 30.2 Å². The van der Waals surface area contributed by atoms with Gasteiger partial charge in [0.2, 0.25) is 0 Å². The summed E-state index contributed by atoms with van der Waals surface area (Å²) in [6, 6.07) is 14.6. The van der Waals surface area contributed by atoms with Crippen molar-refractivity contribution in [2.24, 2.45) is 0 Å². The molecule has 0 bridgehead atoms. The molecule has 0 aliphatic carbocycles. The van der Waals surface area contributed by atoms with Gasteiger partial charge >= 0.3 is 0 Å². The standard InChI is InChI=1S/C22H21N5O2S/c1-3-26(14-19-24-18-10-5-4-9-17(18)20(28)25-19)21(29)15-7-6-8-16(13-15)27-12-11-23-22(27)30-2/h4-13H,3,14H2,1-2H3,(H,24,25,28). The second kappa shape index (κ2) is 8.54. The van der Waals surface area contributed by atoms with Crippen LogP contribution in [0.4, 0.5) is 0 Å². The van der Waals surface area contributed by atoms with Crippen molar-refractivity contribution in [2.75, 3.05) is 12.8 Å². The zero-order valence-corrected chi connectivity index (χ0v) is 17.5. The molecule has 4 rings (SSSR count). The quantitative estimate of drug-likeness (QED) is 0.484. The number of benzene rings is 2. The van der Waals surface area contributed by atoms with E-state index in [0.29, 0.717) is 28.8 Å². The van der Waals surface area contributed by atoms with Gasteiger partial charge in [0.1, 0.15) is 5.82 Å². The van der Waals surface area contributed by atoms with Crippen LogP contribution in [0.15, 0.2) is 70.9 Å². The van der Waals surface area contributed by atoms with Crippen LogP contribution < -0.4 is 5.56 Å². The van der Waals surface area contributed by atoms with Gasteiger partial charge in [-0.05, 0) is 43.5 Å². The number of carbonyl (C=O) groups is 1. The molecule has 0 unspecified atom stereocenters. The number of carbonyl (C=O) groups excluding carboxylic acids is 1. The third-order valence-corrected chi connectivity index (χ3v) is 5.50. The lowest BCUT2D eigenvalue weighted by atomic mass is 10.1.